The Morgan fingerprint density at radius 3 is 1.87 bits per heavy atom. The zero-order chi connectivity index (χ0) is 16.1. The van der Waals surface area contributed by atoms with E-state index in [1.807, 2.05) is 6.29 Å². The van der Waals surface area contributed by atoms with Gasteiger partial charge in [-0.15, -0.1) is 0 Å². The lowest BCUT2D eigenvalue weighted by Gasteiger charge is -2.10. The molecule has 0 saturated carbocycles. The lowest BCUT2D eigenvalue weighted by molar-refractivity contribution is -0.114. The van der Waals surface area contributed by atoms with Crippen LogP contribution in [0.25, 0.3) is 0 Å². The lowest BCUT2D eigenvalue weighted by Crippen LogP contribution is -2.01. The summed E-state index contributed by atoms with van der Waals surface area (Å²) in [5.74, 6) is 2.67. The molecule has 0 aromatic heterocycles. The maximum Gasteiger partial charge on any atom is 0.233 e. The summed E-state index contributed by atoms with van der Waals surface area (Å²) in [5, 5.41) is 0. The van der Waals surface area contributed by atoms with Gasteiger partial charge in [-0.1, -0.05) is 0 Å². The first kappa shape index (κ1) is 14.8. The molecule has 4 nitrogen and oxygen atoms in total. The average Bonchev–Trinajstić information content (AvgIpc) is 2.59. The quantitative estimate of drug-likeness (QED) is 0.844. The maximum atomic E-state index is 11.1. The standard InChI is InChI=1S/C19H13O4/c20-13-14-1-5-16(6-2-14)22-18-9-11-19(12-10-18)23-17-7-3-15(21)4-8-17/h1-3,5-12H,4H2. The lowest BCUT2D eigenvalue weighted by atomic mass is 10.1. The molecule has 0 N–H and O–H groups in total. The van der Waals surface area contributed by atoms with Crippen LogP contribution in [0.2, 0.25) is 0 Å². The summed E-state index contributed by atoms with van der Waals surface area (Å²) in [6.45, 7) is 0. The Bertz CT molecular complexity index is 768. The van der Waals surface area contributed by atoms with Crippen molar-refractivity contribution in [2.75, 3.05) is 0 Å². The molecule has 0 aliphatic heterocycles. The van der Waals surface area contributed by atoms with E-state index in [-0.39, 0.29) is 5.78 Å². The highest BCUT2D eigenvalue weighted by atomic mass is 16.5. The Morgan fingerprint density at radius 2 is 1.35 bits per heavy atom. The normalized spacial score (nSPS) is 13.4. The predicted molar refractivity (Wildman–Crippen MR) is 85.2 cm³/mol. The Hall–Kier alpha value is -3.14. The van der Waals surface area contributed by atoms with Gasteiger partial charge in [-0.3, -0.25) is 9.59 Å². The first-order valence-corrected chi connectivity index (χ1v) is 7.08. The van der Waals surface area contributed by atoms with E-state index >= 15 is 0 Å². The van der Waals surface area contributed by atoms with E-state index in [9.17, 15) is 9.59 Å². The van der Waals surface area contributed by atoms with Crippen LogP contribution in [0.3, 0.4) is 0 Å². The number of ether oxygens (including phenoxy) is 2. The Kier molecular flexibility index (Phi) is 4.34. The molecular formula is C19H13O4. The maximum absolute atomic E-state index is 11.1. The molecule has 0 amide bonds. The zero-order valence-electron chi connectivity index (χ0n) is 12.2. The van der Waals surface area contributed by atoms with Crippen LogP contribution in [0, 0.1) is 0 Å². The van der Waals surface area contributed by atoms with E-state index in [0.717, 1.165) is 0 Å². The minimum absolute atomic E-state index is 0.0688. The molecule has 1 radical (unpaired) electrons. The van der Waals surface area contributed by atoms with Crippen molar-refractivity contribution in [2.24, 2.45) is 0 Å². The fraction of sp³-hybridized carbons (Fsp3) is 0.0526. The molecule has 0 fully saturated rings. The van der Waals surface area contributed by atoms with Gasteiger partial charge in [0.2, 0.25) is 6.29 Å². The number of benzene rings is 2. The predicted octanol–water partition coefficient (Wildman–Crippen LogP) is 3.73. The molecule has 0 saturated heterocycles. The average molecular weight is 305 g/mol. The van der Waals surface area contributed by atoms with Crippen LogP contribution in [-0.4, -0.2) is 12.1 Å². The van der Waals surface area contributed by atoms with Crippen LogP contribution in [0.4, 0.5) is 0 Å². The van der Waals surface area contributed by atoms with Crippen LogP contribution in [0.5, 0.6) is 17.2 Å². The van der Waals surface area contributed by atoms with Crippen LogP contribution < -0.4 is 9.47 Å². The second-order valence-corrected chi connectivity index (χ2v) is 4.91. The minimum Gasteiger partial charge on any atom is -0.458 e. The molecule has 0 atom stereocenters. The van der Waals surface area contributed by atoms with Gasteiger partial charge in [0.05, 0.1) is 0 Å². The first-order chi connectivity index (χ1) is 11.2. The molecule has 0 bridgehead atoms. The first-order valence-electron chi connectivity index (χ1n) is 7.08. The summed E-state index contributed by atoms with van der Waals surface area (Å²) < 4.78 is 11.3. The molecule has 0 spiro atoms. The Morgan fingerprint density at radius 1 is 0.783 bits per heavy atom. The third-order valence-electron chi connectivity index (χ3n) is 3.21. The van der Waals surface area contributed by atoms with Crippen molar-refractivity contribution in [3.63, 3.8) is 0 Å². The van der Waals surface area contributed by atoms with Gasteiger partial charge < -0.3 is 9.47 Å². The zero-order valence-corrected chi connectivity index (χ0v) is 12.2. The molecule has 0 unspecified atom stereocenters. The smallest absolute Gasteiger partial charge is 0.233 e. The third kappa shape index (κ3) is 3.95. The largest absolute Gasteiger partial charge is 0.458 e. The van der Waals surface area contributed by atoms with Gasteiger partial charge in [-0.05, 0) is 66.8 Å². The van der Waals surface area contributed by atoms with E-state index in [2.05, 4.69) is 0 Å². The highest BCUT2D eigenvalue weighted by molar-refractivity contribution is 5.92. The molecular weight excluding hydrogens is 292 g/mol. The van der Waals surface area contributed by atoms with E-state index in [1.54, 1.807) is 60.7 Å². The molecule has 113 valence electrons. The summed E-state index contributed by atoms with van der Waals surface area (Å²) in [6.07, 6.45) is 7.09. The van der Waals surface area contributed by atoms with Gasteiger partial charge in [0, 0.05) is 12.0 Å². The number of carbonyl (C=O) groups is 1. The molecule has 4 heteroatoms. The van der Waals surface area contributed by atoms with Crippen molar-refractivity contribution in [3.05, 3.63) is 78.1 Å². The van der Waals surface area contributed by atoms with E-state index < -0.39 is 0 Å². The second-order valence-electron chi connectivity index (χ2n) is 4.91. The molecule has 3 rings (SSSR count). The van der Waals surface area contributed by atoms with E-state index in [4.69, 9.17) is 9.47 Å². The summed E-state index contributed by atoms with van der Waals surface area (Å²) in [6, 6.07) is 13.8. The molecule has 1 aliphatic carbocycles. The van der Waals surface area contributed by atoms with E-state index in [0.29, 0.717) is 35.0 Å². The van der Waals surface area contributed by atoms with Crippen molar-refractivity contribution >= 4 is 12.1 Å². The van der Waals surface area contributed by atoms with Gasteiger partial charge in [-0.25, -0.2) is 0 Å². The topological polar surface area (TPSA) is 52.6 Å². The second kappa shape index (κ2) is 6.75. The van der Waals surface area contributed by atoms with Gasteiger partial charge in [0.15, 0.2) is 5.78 Å². The summed E-state index contributed by atoms with van der Waals surface area (Å²) >= 11 is 0. The monoisotopic (exact) mass is 305 g/mol. The molecule has 23 heavy (non-hydrogen) atoms. The molecule has 1 aliphatic rings. The number of ketones is 1. The fourth-order valence-electron chi connectivity index (χ4n) is 2.03. The third-order valence-corrected chi connectivity index (χ3v) is 3.21. The van der Waals surface area contributed by atoms with Crippen molar-refractivity contribution in [1.82, 2.24) is 0 Å². The number of hydrogen-bond acceptors (Lipinski definition) is 4. The van der Waals surface area contributed by atoms with Crippen molar-refractivity contribution in [2.45, 2.75) is 6.42 Å². The summed E-state index contributed by atoms with van der Waals surface area (Å²) in [5.41, 5.74) is 0.480. The fourth-order valence-corrected chi connectivity index (χ4v) is 2.03. The summed E-state index contributed by atoms with van der Waals surface area (Å²) in [7, 11) is 0. The number of carbonyl (C=O) groups excluding carboxylic acids is 2. The van der Waals surface area contributed by atoms with Crippen molar-refractivity contribution in [1.29, 1.82) is 0 Å². The van der Waals surface area contributed by atoms with Gasteiger partial charge in [0.1, 0.15) is 23.0 Å². The summed E-state index contributed by atoms with van der Waals surface area (Å²) in [4.78, 5) is 21.6. The highest BCUT2D eigenvalue weighted by Crippen LogP contribution is 2.25. The van der Waals surface area contributed by atoms with Crippen molar-refractivity contribution < 1.29 is 19.1 Å². The number of hydrogen-bond donors (Lipinski definition) is 0. The van der Waals surface area contributed by atoms with Crippen LogP contribution >= 0.6 is 0 Å². The Labute approximate surface area is 133 Å². The highest BCUT2D eigenvalue weighted by Gasteiger charge is 2.06. The minimum atomic E-state index is 0.0688. The molecule has 0 heterocycles. The van der Waals surface area contributed by atoms with E-state index in [1.165, 1.54) is 6.08 Å². The van der Waals surface area contributed by atoms with Gasteiger partial charge in [-0.2, -0.15) is 0 Å². The Balaban J connectivity index is 1.63. The van der Waals surface area contributed by atoms with Crippen LogP contribution in [-0.2, 0) is 9.59 Å². The van der Waals surface area contributed by atoms with Crippen molar-refractivity contribution in [3.8, 4) is 17.2 Å². The SMILES string of the molecule is O=[C]c1ccc(Oc2ccc(OC3=CCC(=O)C=C3)cc2)cc1. The number of allylic oxidation sites excluding steroid dienone is 3. The van der Waals surface area contributed by atoms with Gasteiger partial charge in [0.25, 0.3) is 0 Å². The van der Waals surface area contributed by atoms with Crippen LogP contribution in [0.15, 0.2) is 72.5 Å². The molecule has 2 aromatic rings. The van der Waals surface area contributed by atoms with Gasteiger partial charge >= 0.3 is 0 Å². The number of rotatable bonds is 5. The van der Waals surface area contributed by atoms with Crippen LogP contribution in [0.1, 0.15) is 12.0 Å². The molecule has 2 aromatic carbocycles.